The highest BCUT2D eigenvalue weighted by Crippen LogP contribution is 2.37. The number of benzene rings is 2. The first-order chi connectivity index (χ1) is 19.1. The van der Waals surface area contributed by atoms with Gasteiger partial charge in [-0.1, -0.05) is 17.7 Å². The minimum Gasteiger partial charge on any atom is -0.493 e. The summed E-state index contributed by atoms with van der Waals surface area (Å²) in [6, 6.07) is 8.13. The Morgan fingerprint density at radius 3 is 2.48 bits per heavy atom. The van der Waals surface area contributed by atoms with E-state index in [9.17, 15) is 29.3 Å². The third kappa shape index (κ3) is 8.03. The van der Waals surface area contributed by atoms with Gasteiger partial charge >= 0.3 is 0 Å². The molecule has 2 aromatic rings. The van der Waals surface area contributed by atoms with Crippen LogP contribution in [0.3, 0.4) is 0 Å². The van der Waals surface area contributed by atoms with Crippen LogP contribution in [0.4, 0.5) is 4.39 Å². The zero-order chi connectivity index (χ0) is 29.4. The molecule has 0 spiro atoms. The fourth-order valence-electron chi connectivity index (χ4n) is 4.37. The van der Waals surface area contributed by atoms with Gasteiger partial charge in [0.2, 0.25) is 11.8 Å². The lowest BCUT2D eigenvalue weighted by molar-refractivity contribution is -0.134. The highest BCUT2D eigenvalue weighted by molar-refractivity contribution is 14.1. The van der Waals surface area contributed by atoms with Gasteiger partial charge < -0.3 is 35.0 Å². The van der Waals surface area contributed by atoms with E-state index in [1.165, 1.54) is 36.3 Å². The number of amides is 2. The molecule has 1 aliphatic carbocycles. The summed E-state index contributed by atoms with van der Waals surface area (Å²) in [6.07, 6.45) is 0.633. The van der Waals surface area contributed by atoms with Gasteiger partial charge in [-0.2, -0.15) is 0 Å². The number of methoxy groups -OCH3 is 1. The molecule has 3 rings (SSSR count). The molecule has 0 heterocycles. The summed E-state index contributed by atoms with van der Waals surface area (Å²) in [6.45, 7) is 3.16. The van der Waals surface area contributed by atoms with Gasteiger partial charge in [0, 0.05) is 31.2 Å². The van der Waals surface area contributed by atoms with Crippen LogP contribution in [0.1, 0.15) is 31.4 Å². The van der Waals surface area contributed by atoms with Crippen LogP contribution in [0.25, 0.3) is 0 Å². The van der Waals surface area contributed by atoms with Crippen LogP contribution in [0, 0.1) is 9.39 Å². The quantitative estimate of drug-likeness (QED) is 0.214. The molecule has 0 saturated carbocycles. The summed E-state index contributed by atoms with van der Waals surface area (Å²) < 4.78 is 25.9. The smallest absolute Gasteiger partial charge is 0.247 e. The molecule has 0 aliphatic heterocycles. The maximum absolute atomic E-state index is 13.6. The number of nitrogens with zero attached hydrogens (tertiary/aromatic N) is 1. The predicted molar refractivity (Wildman–Crippen MR) is 155 cm³/mol. The standard InChI is InChI=1S/C29H34FIN2O7/c1-17(2)10-26(36)33(15-18-4-6-21(30)7-5-18)23-13-20(29(38)32-8-9-34)14-24(27(23)37)40-28-22(31)11-19(16-35)12-25(28)39-3/h4-7,10-12,14,23-24,27,34-35,37H,8-9,13,15-16H2,1-3H3,(H,32,38)/t23-,24+,27+/m1/s1. The number of aliphatic hydroxyl groups excluding tert-OH is 3. The summed E-state index contributed by atoms with van der Waals surface area (Å²) in [5.41, 5.74) is 2.25. The van der Waals surface area contributed by atoms with E-state index >= 15 is 0 Å². The number of carbonyl (C=O) groups excluding carboxylic acids is 2. The Labute approximate surface area is 246 Å². The molecule has 11 heteroatoms. The SMILES string of the molecule is COc1cc(CO)cc(I)c1O[C@H]1C=C(C(=O)NCCO)C[C@@H](N(Cc2ccc(F)cc2)C(=O)C=C(C)C)[C@@H]1O. The Kier molecular flexibility index (Phi) is 11.5. The number of ether oxygens (including phenoxy) is 2. The first-order valence-corrected chi connectivity index (χ1v) is 13.8. The lowest BCUT2D eigenvalue weighted by atomic mass is 9.87. The summed E-state index contributed by atoms with van der Waals surface area (Å²) >= 11 is 2.03. The van der Waals surface area contributed by atoms with Gasteiger partial charge in [0.05, 0.1) is 29.9 Å². The van der Waals surface area contributed by atoms with Crippen molar-refractivity contribution in [2.24, 2.45) is 0 Å². The second kappa shape index (κ2) is 14.6. The Morgan fingerprint density at radius 2 is 1.88 bits per heavy atom. The van der Waals surface area contributed by atoms with E-state index in [0.717, 1.165) is 5.57 Å². The molecule has 0 unspecified atom stereocenters. The van der Waals surface area contributed by atoms with Crippen molar-refractivity contribution in [3.63, 3.8) is 0 Å². The van der Waals surface area contributed by atoms with Crippen LogP contribution in [0.15, 0.2) is 59.7 Å². The fraction of sp³-hybridized carbons (Fsp3) is 0.379. The summed E-state index contributed by atoms with van der Waals surface area (Å²) in [4.78, 5) is 27.9. The number of hydrogen-bond acceptors (Lipinski definition) is 7. The Hall–Kier alpha value is -3.00. The number of aliphatic hydroxyl groups is 3. The third-order valence-corrected chi connectivity index (χ3v) is 7.10. The lowest BCUT2D eigenvalue weighted by Crippen LogP contribution is -2.54. The van der Waals surface area contributed by atoms with Gasteiger partial charge in [-0.25, -0.2) is 4.39 Å². The van der Waals surface area contributed by atoms with Gasteiger partial charge in [0.1, 0.15) is 18.0 Å². The van der Waals surface area contributed by atoms with Gasteiger partial charge in [0.15, 0.2) is 11.5 Å². The van der Waals surface area contributed by atoms with Crippen molar-refractivity contribution in [3.8, 4) is 11.5 Å². The van der Waals surface area contributed by atoms with E-state index in [1.807, 2.05) is 22.6 Å². The molecule has 0 fully saturated rings. The molecular weight excluding hydrogens is 634 g/mol. The minimum atomic E-state index is -1.26. The monoisotopic (exact) mass is 668 g/mol. The van der Waals surface area contributed by atoms with Crippen molar-refractivity contribution in [2.45, 2.75) is 51.7 Å². The van der Waals surface area contributed by atoms with Gasteiger partial charge in [0.25, 0.3) is 0 Å². The highest BCUT2D eigenvalue weighted by atomic mass is 127. The van der Waals surface area contributed by atoms with Crippen molar-refractivity contribution in [1.29, 1.82) is 0 Å². The molecule has 0 bridgehead atoms. The molecule has 2 aromatic carbocycles. The van der Waals surface area contributed by atoms with Crippen LogP contribution >= 0.6 is 22.6 Å². The first kappa shape index (κ1) is 31.5. The van der Waals surface area contributed by atoms with E-state index in [2.05, 4.69) is 5.32 Å². The maximum Gasteiger partial charge on any atom is 0.247 e. The van der Waals surface area contributed by atoms with Crippen LogP contribution in [0.2, 0.25) is 0 Å². The highest BCUT2D eigenvalue weighted by Gasteiger charge is 2.40. The lowest BCUT2D eigenvalue weighted by Gasteiger charge is -2.40. The molecule has 0 aromatic heterocycles. The molecule has 40 heavy (non-hydrogen) atoms. The zero-order valence-electron chi connectivity index (χ0n) is 22.6. The van der Waals surface area contributed by atoms with Crippen LogP contribution < -0.4 is 14.8 Å². The molecular formula is C29H34FIN2O7. The number of nitrogens with one attached hydrogen (secondary N) is 1. The Morgan fingerprint density at radius 1 is 1.18 bits per heavy atom. The van der Waals surface area contributed by atoms with Gasteiger partial charge in [-0.05, 0) is 77.9 Å². The van der Waals surface area contributed by atoms with Crippen LogP contribution in [0.5, 0.6) is 11.5 Å². The molecule has 0 saturated heterocycles. The van der Waals surface area contributed by atoms with E-state index in [4.69, 9.17) is 9.47 Å². The van der Waals surface area contributed by atoms with E-state index in [1.54, 1.807) is 38.1 Å². The number of allylic oxidation sites excluding steroid dienone is 1. The molecule has 216 valence electrons. The summed E-state index contributed by atoms with van der Waals surface area (Å²) in [5, 5.41) is 33.0. The predicted octanol–water partition coefficient (Wildman–Crippen LogP) is 2.84. The average Bonchev–Trinajstić information content (AvgIpc) is 2.92. The molecule has 4 N–H and O–H groups in total. The van der Waals surface area contributed by atoms with Gasteiger partial charge in [-0.3, -0.25) is 9.59 Å². The fourth-order valence-corrected chi connectivity index (χ4v) is 5.16. The van der Waals surface area contributed by atoms with Crippen molar-refractivity contribution in [1.82, 2.24) is 10.2 Å². The van der Waals surface area contributed by atoms with Crippen LogP contribution in [-0.4, -0.2) is 70.5 Å². The number of hydrogen-bond donors (Lipinski definition) is 4. The number of rotatable bonds is 11. The molecule has 9 nitrogen and oxygen atoms in total. The first-order valence-electron chi connectivity index (χ1n) is 12.7. The van der Waals surface area contributed by atoms with Crippen molar-refractivity contribution < 1.29 is 38.8 Å². The van der Waals surface area contributed by atoms with Gasteiger partial charge in [-0.15, -0.1) is 0 Å². The van der Waals surface area contributed by atoms with Crippen molar-refractivity contribution in [2.75, 3.05) is 20.3 Å². The topological polar surface area (TPSA) is 129 Å². The third-order valence-electron chi connectivity index (χ3n) is 6.30. The molecule has 2 amide bonds. The summed E-state index contributed by atoms with van der Waals surface area (Å²) in [5.74, 6) is -0.638. The molecule has 0 radical (unpaired) electrons. The Balaban J connectivity index is 2.06. The maximum atomic E-state index is 13.6. The summed E-state index contributed by atoms with van der Waals surface area (Å²) in [7, 11) is 1.45. The zero-order valence-corrected chi connectivity index (χ0v) is 24.7. The Bertz CT molecular complexity index is 1260. The normalized spacial score (nSPS) is 18.4. The number of carbonyl (C=O) groups is 2. The minimum absolute atomic E-state index is 0.0134. The van der Waals surface area contributed by atoms with Crippen molar-refractivity contribution in [3.05, 3.63) is 80.2 Å². The number of halogens is 2. The largest absolute Gasteiger partial charge is 0.493 e. The average molecular weight is 669 g/mol. The second-order valence-electron chi connectivity index (χ2n) is 9.60. The molecule has 1 aliphatic rings. The van der Waals surface area contributed by atoms with Crippen LogP contribution in [-0.2, 0) is 22.7 Å². The second-order valence-corrected chi connectivity index (χ2v) is 10.8. The van der Waals surface area contributed by atoms with E-state index < -0.39 is 30.0 Å². The van der Waals surface area contributed by atoms with E-state index in [-0.39, 0.29) is 44.2 Å². The molecule has 3 atom stereocenters. The van der Waals surface area contributed by atoms with Crippen molar-refractivity contribution >= 4 is 34.4 Å². The van der Waals surface area contributed by atoms with E-state index in [0.29, 0.717) is 26.2 Å².